The number of phenolic OH excluding ortho intramolecular Hbond substituents is 1. The summed E-state index contributed by atoms with van der Waals surface area (Å²) in [5.74, 6) is -1.04. The zero-order valence-corrected chi connectivity index (χ0v) is 11.2. The van der Waals surface area contributed by atoms with Gasteiger partial charge in [0.1, 0.15) is 17.3 Å². The lowest BCUT2D eigenvalue weighted by molar-refractivity contribution is 0.102. The Hall–Kier alpha value is -2.27. The highest BCUT2D eigenvalue weighted by Crippen LogP contribution is 2.27. The van der Waals surface area contributed by atoms with Crippen LogP contribution < -0.4 is 10.1 Å². The van der Waals surface area contributed by atoms with Gasteiger partial charge in [-0.25, -0.2) is 4.39 Å². The number of phenols is 1. The average molecular weight is 296 g/mol. The fraction of sp³-hybridized carbons (Fsp3) is 0.0714. The normalized spacial score (nSPS) is 10.2. The van der Waals surface area contributed by atoms with E-state index in [9.17, 15) is 14.3 Å². The number of ether oxygens (including phenoxy) is 1. The fourth-order valence-corrected chi connectivity index (χ4v) is 1.82. The van der Waals surface area contributed by atoms with Crippen molar-refractivity contribution in [3.8, 4) is 11.5 Å². The van der Waals surface area contributed by atoms with Crippen LogP contribution in [0.1, 0.15) is 10.4 Å². The number of carbonyl (C=O) groups is 1. The van der Waals surface area contributed by atoms with Gasteiger partial charge in [0.2, 0.25) is 0 Å². The van der Waals surface area contributed by atoms with Gasteiger partial charge >= 0.3 is 0 Å². The van der Waals surface area contributed by atoms with E-state index in [0.29, 0.717) is 5.75 Å². The fourth-order valence-electron chi connectivity index (χ4n) is 1.60. The van der Waals surface area contributed by atoms with Crippen LogP contribution in [0.2, 0.25) is 5.02 Å². The van der Waals surface area contributed by atoms with E-state index in [-0.39, 0.29) is 22.0 Å². The third-order valence-electron chi connectivity index (χ3n) is 2.62. The molecule has 4 nitrogen and oxygen atoms in total. The molecule has 2 rings (SSSR count). The lowest BCUT2D eigenvalue weighted by atomic mass is 10.2. The van der Waals surface area contributed by atoms with E-state index in [2.05, 4.69) is 5.32 Å². The molecule has 104 valence electrons. The molecule has 0 saturated heterocycles. The number of hydrogen-bond donors (Lipinski definition) is 2. The second-order valence-electron chi connectivity index (χ2n) is 3.96. The minimum absolute atomic E-state index is 0.0244. The molecule has 2 N–H and O–H groups in total. The van der Waals surface area contributed by atoms with Gasteiger partial charge in [0.15, 0.2) is 0 Å². The first-order valence-electron chi connectivity index (χ1n) is 5.64. The second-order valence-corrected chi connectivity index (χ2v) is 4.37. The maximum atomic E-state index is 13.7. The van der Waals surface area contributed by atoms with Gasteiger partial charge in [-0.2, -0.15) is 0 Å². The number of methoxy groups -OCH3 is 1. The highest BCUT2D eigenvalue weighted by molar-refractivity contribution is 6.34. The first-order chi connectivity index (χ1) is 9.51. The molecule has 0 atom stereocenters. The van der Waals surface area contributed by atoms with Crippen molar-refractivity contribution in [2.24, 2.45) is 0 Å². The Balaban J connectivity index is 2.24. The molecule has 0 aromatic heterocycles. The Morgan fingerprint density at radius 3 is 2.65 bits per heavy atom. The molecule has 0 heterocycles. The molecule has 6 heteroatoms. The number of carbonyl (C=O) groups excluding carboxylic acids is 1. The molecule has 0 fully saturated rings. The van der Waals surface area contributed by atoms with Crippen LogP contribution in [0.25, 0.3) is 0 Å². The van der Waals surface area contributed by atoms with E-state index < -0.39 is 11.7 Å². The number of amides is 1. The smallest absolute Gasteiger partial charge is 0.258 e. The van der Waals surface area contributed by atoms with Crippen molar-refractivity contribution < 1.29 is 19.0 Å². The second kappa shape index (κ2) is 5.79. The van der Waals surface area contributed by atoms with E-state index in [0.717, 1.165) is 6.07 Å². The first kappa shape index (κ1) is 14.1. The summed E-state index contributed by atoms with van der Waals surface area (Å²) in [6.45, 7) is 0. The molecule has 20 heavy (non-hydrogen) atoms. The van der Waals surface area contributed by atoms with Crippen LogP contribution in [0.3, 0.4) is 0 Å². The van der Waals surface area contributed by atoms with Gasteiger partial charge in [0.25, 0.3) is 5.91 Å². The molecule has 2 aromatic rings. The zero-order valence-electron chi connectivity index (χ0n) is 10.5. The van der Waals surface area contributed by atoms with Crippen LogP contribution in [-0.4, -0.2) is 18.1 Å². The SMILES string of the molecule is COc1ccc(C(=O)Nc2ccc(O)cc2Cl)c(F)c1. The van der Waals surface area contributed by atoms with Crippen molar-refractivity contribution >= 4 is 23.2 Å². The van der Waals surface area contributed by atoms with Gasteiger partial charge in [-0.1, -0.05) is 11.6 Å². The standard InChI is InChI=1S/C14H11ClFNO3/c1-20-9-3-4-10(12(16)7-9)14(19)17-13-5-2-8(18)6-11(13)15/h2-7,18H,1H3,(H,17,19). The maximum Gasteiger partial charge on any atom is 0.258 e. The molecule has 0 aliphatic rings. The molecule has 2 aromatic carbocycles. The predicted octanol–water partition coefficient (Wildman–Crippen LogP) is 3.45. The van der Waals surface area contributed by atoms with E-state index in [4.69, 9.17) is 16.3 Å². The van der Waals surface area contributed by atoms with Crippen LogP contribution in [0.4, 0.5) is 10.1 Å². The summed E-state index contributed by atoms with van der Waals surface area (Å²) in [7, 11) is 1.41. The van der Waals surface area contributed by atoms with E-state index >= 15 is 0 Å². The molecule has 0 spiro atoms. The highest BCUT2D eigenvalue weighted by Gasteiger charge is 2.14. The van der Waals surface area contributed by atoms with Crippen LogP contribution in [-0.2, 0) is 0 Å². The van der Waals surface area contributed by atoms with Crippen molar-refractivity contribution in [2.45, 2.75) is 0 Å². The summed E-state index contributed by atoms with van der Waals surface area (Å²) in [6.07, 6.45) is 0. The van der Waals surface area contributed by atoms with Crippen LogP contribution >= 0.6 is 11.6 Å². The number of anilines is 1. The summed E-state index contributed by atoms with van der Waals surface area (Å²) < 4.78 is 18.6. The Morgan fingerprint density at radius 1 is 1.30 bits per heavy atom. The van der Waals surface area contributed by atoms with E-state index in [1.165, 1.54) is 37.4 Å². The lowest BCUT2D eigenvalue weighted by Gasteiger charge is -2.09. The lowest BCUT2D eigenvalue weighted by Crippen LogP contribution is -2.14. The summed E-state index contributed by atoms with van der Waals surface area (Å²) in [5.41, 5.74) is 0.152. The van der Waals surface area contributed by atoms with Gasteiger partial charge in [-0.3, -0.25) is 4.79 Å². The molecule has 0 aliphatic heterocycles. The monoisotopic (exact) mass is 295 g/mol. The number of hydrogen-bond acceptors (Lipinski definition) is 3. The molecule has 0 saturated carbocycles. The molecule has 1 amide bonds. The van der Waals surface area contributed by atoms with Gasteiger partial charge in [0.05, 0.1) is 23.4 Å². The summed E-state index contributed by atoms with van der Waals surface area (Å²) >= 11 is 5.86. The third kappa shape index (κ3) is 3.00. The number of rotatable bonds is 3. The molecule has 0 unspecified atom stereocenters. The molecular formula is C14H11ClFNO3. The minimum Gasteiger partial charge on any atom is -0.508 e. The highest BCUT2D eigenvalue weighted by atomic mass is 35.5. The number of halogens is 2. The van der Waals surface area contributed by atoms with Gasteiger partial charge in [0, 0.05) is 12.1 Å². The molecule has 0 bridgehead atoms. The number of nitrogens with one attached hydrogen (secondary N) is 1. The Bertz CT molecular complexity index is 661. The van der Waals surface area contributed by atoms with Crippen molar-refractivity contribution in [3.63, 3.8) is 0 Å². The predicted molar refractivity (Wildman–Crippen MR) is 74.0 cm³/mol. The van der Waals surface area contributed by atoms with E-state index in [1.54, 1.807) is 0 Å². The van der Waals surface area contributed by atoms with Crippen LogP contribution in [0, 0.1) is 5.82 Å². The average Bonchev–Trinajstić information content (AvgIpc) is 2.41. The van der Waals surface area contributed by atoms with Crippen molar-refractivity contribution in [3.05, 3.63) is 52.8 Å². The van der Waals surface area contributed by atoms with Crippen LogP contribution in [0.15, 0.2) is 36.4 Å². The number of benzene rings is 2. The van der Waals surface area contributed by atoms with Gasteiger partial charge in [-0.15, -0.1) is 0 Å². The van der Waals surface area contributed by atoms with Gasteiger partial charge < -0.3 is 15.2 Å². The minimum atomic E-state index is -0.697. The molecule has 0 aliphatic carbocycles. The van der Waals surface area contributed by atoms with Crippen LogP contribution in [0.5, 0.6) is 11.5 Å². The summed E-state index contributed by atoms with van der Waals surface area (Å²) in [4.78, 5) is 12.0. The van der Waals surface area contributed by atoms with Crippen molar-refractivity contribution in [1.29, 1.82) is 0 Å². The van der Waals surface area contributed by atoms with Crippen molar-refractivity contribution in [1.82, 2.24) is 0 Å². The summed E-state index contributed by atoms with van der Waals surface area (Å²) in [5, 5.41) is 11.8. The quantitative estimate of drug-likeness (QED) is 0.853. The topological polar surface area (TPSA) is 58.6 Å². The largest absolute Gasteiger partial charge is 0.508 e. The Labute approximate surface area is 119 Å². The molecule has 0 radical (unpaired) electrons. The van der Waals surface area contributed by atoms with Gasteiger partial charge in [-0.05, 0) is 24.3 Å². The summed E-state index contributed by atoms with van der Waals surface area (Å²) in [6, 6.07) is 7.99. The third-order valence-corrected chi connectivity index (χ3v) is 2.93. The zero-order chi connectivity index (χ0) is 14.7. The van der Waals surface area contributed by atoms with Crippen molar-refractivity contribution in [2.75, 3.05) is 12.4 Å². The number of aromatic hydroxyl groups is 1. The van der Waals surface area contributed by atoms with E-state index in [1.807, 2.05) is 0 Å². The maximum absolute atomic E-state index is 13.7. The Morgan fingerprint density at radius 2 is 2.05 bits per heavy atom. The Kier molecular flexibility index (Phi) is 4.10. The molecular weight excluding hydrogens is 285 g/mol. The first-order valence-corrected chi connectivity index (χ1v) is 6.02.